The number of ether oxygens (including phenoxy) is 1. The molecule has 9 nitrogen and oxygen atoms in total. The van der Waals surface area contributed by atoms with E-state index < -0.39 is 21.1 Å². The molecule has 0 unspecified atom stereocenters. The van der Waals surface area contributed by atoms with Gasteiger partial charge in [-0.2, -0.15) is 4.31 Å². The largest absolute Gasteiger partial charge is 0.491 e. The van der Waals surface area contributed by atoms with Crippen molar-refractivity contribution in [3.63, 3.8) is 0 Å². The van der Waals surface area contributed by atoms with E-state index in [1.165, 1.54) is 12.1 Å². The molecule has 5 aromatic rings. The number of benzene rings is 4. The third-order valence-corrected chi connectivity index (χ3v) is 8.36. The van der Waals surface area contributed by atoms with Crippen molar-refractivity contribution >= 4 is 37.6 Å². The molecule has 1 N–H and O–H groups in total. The zero-order chi connectivity index (χ0) is 27.6. The first-order valence-corrected chi connectivity index (χ1v) is 13.7. The number of furan rings is 1. The van der Waals surface area contributed by atoms with Crippen LogP contribution in [0.4, 0.5) is 5.69 Å². The third-order valence-electron chi connectivity index (χ3n) is 6.41. The summed E-state index contributed by atoms with van der Waals surface area (Å²) in [7, 11) is -4.21. The molecule has 1 aromatic heterocycles. The predicted octanol–water partition coefficient (Wildman–Crippen LogP) is 5.43. The van der Waals surface area contributed by atoms with Crippen LogP contribution in [0, 0.1) is 17.0 Å². The molecule has 39 heavy (non-hydrogen) atoms. The van der Waals surface area contributed by atoms with Gasteiger partial charge in [-0.05, 0) is 42.3 Å². The lowest BCUT2D eigenvalue weighted by Crippen LogP contribution is -2.39. The number of rotatable bonds is 10. The van der Waals surface area contributed by atoms with Crippen molar-refractivity contribution in [2.24, 2.45) is 0 Å². The van der Waals surface area contributed by atoms with Crippen molar-refractivity contribution in [3.05, 3.63) is 112 Å². The summed E-state index contributed by atoms with van der Waals surface area (Å²) < 4.78 is 40.2. The van der Waals surface area contributed by atoms with Gasteiger partial charge < -0.3 is 14.3 Å². The predicted molar refractivity (Wildman–Crippen MR) is 147 cm³/mol. The lowest BCUT2D eigenvalue weighted by molar-refractivity contribution is -0.385. The van der Waals surface area contributed by atoms with Crippen LogP contribution in [0.2, 0.25) is 0 Å². The molecule has 200 valence electrons. The normalized spacial score (nSPS) is 12.7. The Bertz CT molecular complexity index is 1750. The zero-order valence-electron chi connectivity index (χ0n) is 21.1. The Morgan fingerprint density at radius 1 is 0.949 bits per heavy atom. The van der Waals surface area contributed by atoms with Crippen LogP contribution in [-0.2, 0) is 16.6 Å². The van der Waals surface area contributed by atoms with Crippen molar-refractivity contribution in [2.75, 3.05) is 13.2 Å². The Kier molecular flexibility index (Phi) is 7.34. The molecule has 0 fully saturated rings. The summed E-state index contributed by atoms with van der Waals surface area (Å²) in [5, 5.41) is 24.0. The third kappa shape index (κ3) is 5.63. The zero-order valence-corrected chi connectivity index (χ0v) is 21.9. The Morgan fingerprint density at radius 2 is 1.67 bits per heavy atom. The van der Waals surface area contributed by atoms with Crippen molar-refractivity contribution < 1.29 is 27.6 Å². The van der Waals surface area contributed by atoms with Gasteiger partial charge in [0.1, 0.15) is 29.6 Å². The minimum Gasteiger partial charge on any atom is -0.491 e. The maximum atomic E-state index is 13.7. The number of non-ortho nitro benzene ring substituents is 1. The number of sulfonamides is 1. The molecule has 1 atom stereocenters. The Morgan fingerprint density at radius 3 is 2.44 bits per heavy atom. The van der Waals surface area contributed by atoms with Crippen LogP contribution in [-0.4, -0.2) is 42.0 Å². The number of nitro benzene ring substituents is 1. The maximum absolute atomic E-state index is 13.7. The second-order valence-electron chi connectivity index (χ2n) is 9.21. The van der Waals surface area contributed by atoms with Gasteiger partial charge >= 0.3 is 0 Å². The highest BCUT2D eigenvalue weighted by molar-refractivity contribution is 7.89. The number of aliphatic hydroxyl groups is 1. The molecule has 4 aromatic carbocycles. The van der Waals surface area contributed by atoms with E-state index in [-0.39, 0.29) is 30.3 Å². The van der Waals surface area contributed by atoms with Gasteiger partial charge in [-0.3, -0.25) is 10.1 Å². The fourth-order valence-corrected chi connectivity index (χ4v) is 6.14. The van der Waals surface area contributed by atoms with Crippen LogP contribution in [0.5, 0.6) is 5.75 Å². The highest BCUT2D eigenvalue weighted by Gasteiger charge is 2.30. The van der Waals surface area contributed by atoms with Gasteiger partial charge in [-0.25, -0.2) is 8.42 Å². The average molecular weight is 547 g/mol. The summed E-state index contributed by atoms with van der Waals surface area (Å²) in [6, 6.07) is 25.6. The molecule has 10 heteroatoms. The van der Waals surface area contributed by atoms with Crippen LogP contribution < -0.4 is 4.74 Å². The Hall–Kier alpha value is -4.25. The minimum atomic E-state index is -4.21. The molecule has 0 amide bonds. The van der Waals surface area contributed by atoms with Crippen molar-refractivity contribution in [2.45, 2.75) is 24.5 Å². The first-order chi connectivity index (χ1) is 18.7. The summed E-state index contributed by atoms with van der Waals surface area (Å²) in [6.07, 6.45) is -1.18. The number of para-hydroxylation sites is 1. The first kappa shape index (κ1) is 26.4. The van der Waals surface area contributed by atoms with Crippen LogP contribution in [0.3, 0.4) is 0 Å². The molecule has 0 spiro atoms. The molecular weight excluding hydrogens is 520 g/mol. The minimum absolute atomic E-state index is 0.0324. The van der Waals surface area contributed by atoms with E-state index in [0.717, 1.165) is 26.7 Å². The summed E-state index contributed by atoms with van der Waals surface area (Å²) >= 11 is 0. The van der Waals surface area contributed by atoms with Gasteiger partial charge in [0.25, 0.3) is 5.69 Å². The molecule has 0 aliphatic rings. The topological polar surface area (TPSA) is 123 Å². The fraction of sp³-hybridized carbons (Fsp3) is 0.172. The molecule has 0 saturated heterocycles. The molecule has 5 rings (SSSR count). The molecule has 0 radical (unpaired) electrons. The number of aliphatic hydroxyl groups excluding tert-OH is 1. The standard InChI is InChI=1S/C29H26N2O7S/c1-20-11-12-22(31(33)34)15-29(20)39(35,36)30(17-21-7-3-2-4-8-21)18-23(32)19-37-24-13-14-28-26(16-24)25-9-5-6-10-27(25)38-28/h2-16,23,32H,17-19H2,1H3/t23-/m0/s1. The molecule has 0 aliphatic heterocycles. The molecule has 0 aliphatic carbocycles. The highest BCUT2D eigenvalue weighted by Crippen LogP contribution is 2.31. The quantitative estimate of drug-likeness (QED) is 0.183. The number of fused-ring (bicyclic) bond motifs is 3. The van der Waals surface area contributed by atoms with Crippen molar-refractivity contribution in [1.82, 2.24) is 4.31 Å². The van der Waals surface area contributed by atoms with E-state index in [9.17, 15) is 23.6 Å². The van der Waals surface area contributed by atoms with E-state index in [4.69, 9.17) is 9.15 Å². The SMILES string of the molecule is Cc1ccc([N+](=O)[O-])cc1S(=O)(=O)N(Cc1ccccc1)C[C@H](O)COc1ccc2oc3ccccc3c2c1. The lowest BCUT2D eigenvalue weighted by atomic mass is 10.1. The highest BCUT2D eigenvalue weighted by atomic mass is 32.2. The van der Waals surface area contributed by atoms with E-state index in [1.807, 2.05) is 36.4 Å². The fourth-order valence-electron chi connectivity index (χ4n) is 4.43. The number of nitrogens with zero attached hydrogens (tertiary/aromatic N) is 2. The molecule has 1 heterocycles. The van der Waals surface area contributed by atoms with Gasteiger partial charge in [0.2, 0.25) is 10.0 Å². The second-order valence-corrected chi connectivity index (χ2v) is 11.1. The smallest absolute Gasteiger partial charge is 0.270 e. The van der Waals surface area contributed by atoms with Gasteiger partial charge in [0.05, 0.1) is 9.82 Å². The molecule has 0 bridgehead atoms. The lowest BCUT2D eigenvalue weighted by Gasteiger charge is -2.25. The van der Waals surface area contributed by atoms with E-state index in [0.29, 0.717) is 22.5 Å². The number of aryl methyl sites for hydroxylation is 1. The number of hydrogen-bond acceptors (Lipinski definition) is 7. The van der Waals surface area contributed by atoms with Gasteiger partial charge in [-0.1, -0.05) is 54.6 Å². The van der Waals surface area contributed by atoms with Crippen LogP contribution in [0.15, 0.2) is 100 Å². The first-order valence-electron chi connectivity index (χ1n) is 12.2. The van der Waals surface area contributed by atoms with Crippen molar-refractivity contribution in [3.8, 4) is 5.75 Å². The second kappa shape index (κ2) is 10.9. The summed E-state index contributed by atoms with van der Waals surface area (Å²) in [6.45, 7) is 1.09. The van der Waals surface area contributed by atoms with Gasteiger partial charge in [0, 0.05) is 36.0 Å². The summed E-state index contributed by atoms with van der Waals surface area (Å²) in [5.74, 6) is 0.500. The Labute approximate surface area is 225 Å². The maximum Gasteiger partial charge on any atom is 0.270 e. The number of hydrogen-bond donors (Lipinski definition) is 1. The van der Waals surface area contributed by atoms with Crippen molar-refractivity contribution in [1.29, 1.82) is 0 Å². The van der Waals surface area contributed by atoms with E-state index >= 15 is 0 Å². The van der Waals surface area contributed by atoms with Crippen LogP contribution in [0.1, 0.15) is 11.1 Å². The van der Waals surface area contributed by atoms with E-state index in [2.05, 4.69) is 0 Å². The summed E-state index contributed by atoms with van der Waals surface area (Å²) in [4.78, 5) is 10.5. The van der Waals surface area contributed by atoms with E-state index in [1.54, 1.807) is 43.3 Å². The molecular formula is C29H26N2O7S. The molecule has 0 saturated carbocycles. The monoisotopic (exact) mass is 546 g/mol. The number of nitro groups is 1. The van der Waals surface area contributed by atoms with Crippen LogP contribution >= 0.6 is 0 Å². The van der Waals surface area contributed by atoms with Crippen LogP contribution in [0.25, 0.3) is 21.9 Å². The van der Waals surface area contributed by atoms with Gasteiger partial charge in [0.15, 0.2) is 0 Å². The Balaban J connectivity index is 1.38. The average Bonchev–Trinajstić information content (AvgIpc) is 3.30. The van der Waals surface area contributed by atoms with Gasteiger partial charge in [-0.15, -0.1) is 0 Å². The summed E-state index contributed by atoms with van der Waals surface area (Å²) in [5.41, 5.74) is 2.20.